The number of benzene rings is 1. The molecule has 0 bridgehead atoms. The average molecular weight is 298 g/mol. The number of ether oxygens (including phenoxy) is 2. The van der Waals surface area contributed by atoms with E-state index in [9.17, 15) is 4.79 Å². The Kier molecular flexibility index (Phi) is 5.20. The highest BCUT2D eigenvalue weighted by Gasteiger charge is 2.11. The lowest BCUT2D eigenvalue weighted by molar-refractivity contribution is 0.104. The van der Waals surface area contributed by atoms with Crippen molar-refractivity contribution in [1.29, 1.82) is 0 Å². The molecule has 0 amide bonds. The van der Waals surface area contributed by atoms with Gasteiger partial charge in [-0.3, -0.25) is 4.79 Å². The van der Waals surface area contributed by atoms with Crippen molar-refractivity contribution >= 4 is 11.9 Å². The van der Waals surface area contributed by atoms with Crippen molar-refractivity contribution in [3.05, 3.63) is 65.6 Å². The first-order valence-corrected chi connectivity index (χ1v) is 6.80. The molecule has 0 unspecified atom stereocenters. The number of hydrogen-bond acceptors (Lipinski definition) is 4. The van der Waals surface area contributed by atoms with Crippen LogP contribution in [-0.2, 0) is 0 Å². The van der Waals surface area contributed by atoms with Gasteiger partial charge in [0.05, 0.1) is 26.0 Å². The number of methoxy groups -OCH3 is 2. The van der Waals surface area contributed by atoms with E-state index in [2.05, 4.69) is 0 Å². The van der Waals surface area contributed by atoms with Gasteiger partial charge in [-0.1, -0.05) is 6.08 Å². The lowest BCUT2D eigenvalue weighted by Crippen LogP contribution is -2.00. The predicted molar refractivity (Wildman–Crippen MR) is 85.4 cm³/mol. The van der Waals surface area contributed by atoms with Crippen LogP contribution < -0.4 is 9.47 Å². The normalized spacial score (nSPS) is 11.7. The lowest BCUT2D eigenvalue weighted by Gasteiger charge is -2.07. The Balaban J connectivity index is 2.19. The van der Waals surface area contributed by atoms with Crippen molar-refractivity contribution in [2.45, 2.75) is 6.92 Å². The zero-order valence-corrected chi connectivity index (χ0v) is 12.8. The highest BCUT2D eigenvalue weighted by atomic mass is 16.5. The van der Waals surface area contributed by atoms with Crippen molar-refractivity contribution in [2.24, 2.45) is 0 Å². The predicted octanol–water partition coefficient (Wildman–Crippen LogP) is 4.14. The second kappa shape index (κ2) is 7.31. The molecule has 1 heterocycles. The molecule has 0 N–H and O–H groups in total. The summed E-state index contributed by atoms with van der Waals surface area (Å²) in [4.78, 5) is 12.3. The minimum Gasteiger partial charge on any atom is -0.497 e. The molecule has 0 aliphatic heterocycles. The SMILES string of the molecule is COc1ccc(OC)c(C(=O)/C=C/C(C)=C/c2ccco2)c1. The minimum atomic E-state index is -0.150. The quantitative estimate of drug-likeness (QED) is 0.457. The molecule has 0 spiro atoms. The van der Waals surface area contributed by atoms with Crippen LogP contribution in [0.15, 0.2) is 58.7 Å². The summed E-state index contributed by atoms with van der Waals surface area (Å²) in [6, 6.07) is 8.79. The Morgan fingerprint density at radius 2 is 1.95 bits per heavy atom. The van der Waals surface area contributed by atoms with Crippen molar-refractivity contribution in [3.63, 3.8) is 0 Å². The fraction of sp³-hybridized carbons (Fsp3) is 0.167. The number of rotatable bonds is 6. The number of carbonyl (C=O) groups is 1. The summed E-state index contributed by atoms with van der Waals surface area (Å²) in [5, 5.41) is 0. The Hall–Kier alpha value is -2.75. The molecule has 0 fully saturated rings. The van der Waals surface area contributed by atoms with E-state index >= 15 is 0 Å². The monoisotopic (exact) mass is 298 g/mol. The van der Waals surface area contributed by atoms with Gasteiger partial charge in [0.2, 0.25) is 0 Å². The summed E-state index contributed by atoms with van der Waals surface area (Å²) in [5.74, 6) is 1.72. The topological polar surface area (TPSA) is 48.7 Å². The Labute approximate surface area is 129 Å². The van der Waals surface area contributed by atoms with Crippen LogP contribution in [0.25, 0.3) is 6.08 Å². The number of allylic oxidation sites excluding steroid dienone is 3. The highest BCUT2D eigenvalue weighted by Crippen LogP contribution is 2.24. The summed E-state index contributed by atoms with van der Waals surface area (Å²) in [7, 11) is 3.09. The van der Waals surface area contributed by atoms with Crippen LogP contribution >= 0.6 is 0 Å². The average Bonchev–Trinajstić information content (AvgIpc) is 3.04. The lowest BCUT2D eigenvalue weighted by atomic mass is 10.1. The van der Waals surface area contributed by atoms with Gasteiger partial charge in [-0.25, -0.2) is 0 Å². The first-order chi connectivity index (χ1) is 10.6. The second-order valence-corrected chi connectivity index (χ2v) is 4.67. The fourth-order valence-corrected chi connectivity index (χ4v) is 1.95. The number of carbonyl (C=O) groups excluding carboxylic acids is 1. The maximum Gasteiger partial charge on any atom is 0.189 e. The van der Waals surface area contributed by atoms with Crippen molar-refractivity contribution in [2.75, 3.05) is 14.2 Å². The van der Waals surface area contributed by atoms with Gasteiger partial charge < -0.3 is 13.9 Å². The van der Waals surface area contributed by atoms with E-state index in [0.717, 1.165) is 11.3 Å². The summed E-state index contributed by atoms with van der Waals surface area (Å²) in [6.45, 7) is 1.90. The van der Waals surface area contributed by atoms with E-state index in [-0.39, 0.29) is 5.78 Å². The third-order valence-corrected chi connectivity index (χ3v) is 3.08. The molecule has 0 aliphatic rings. The smallest absolute Gasteiger partial charge is 0.189 e. The summed E-state index contributed by atoms with van der Waals surface area (Å²) >= 11 is 0. The van der Waals surface area contributed by atoms with E-state index in [0.29, 0.717) is 17.1 Å². The molecule has 0 saturated heterocycles. The van der Waals surface area contributed by atoms with E-state index in [1.807, 2.05) is 25.1 Å². The zero-order chi connectivity index (χ0) is 15.9. The summed E-state index contributed by atoms with van der Waals surface area (Å²) in [5.41, 5.74) is 1.37. The van der Waals surface area contributed by atoms with E-state index in [4.69, 9.17) is 13.9 Å². The van der Waals surface area contributed by atoms with Gasteiger partial charge in [-0.2, -0.15) is 0 Å². The van der Waals surface area contributed by atoms with Gasteiger partial charge in [-0.15, -0.1) is 0 Å². The Morgan fingerprint density at radius 1 is 1.14 bits per heavy atom. The zero-order valence-electron chi connectivity index (χ0n) is 12.8. The van der Waals surface area contributed by atoms with Crippen LogP contribution in [0.3, 0.4) is 0 Å². The maximum atomic E-state index is 12.3. The molecule has 4 heteroatoms. The van der Waals surface area contributed by atoms with Crippen molar-refractivity contribution < 1.29 is 18.7 Å². The third-order valence-electron chi connectivity index (χ3n) is 3.08. The molecule has 0 radical (unpaired) electrons. The Morgan fingerprint density at radius 3 is 2.59 bits per heavy atom. The third kappa shape index (κ3) is 3.88. The molecule has 0 aliphatic carbocycles. The Bertz CT molecular complexity index is 694. The number of hydrogen-bond donors (Lipinski definition) is 0. The largest absolute Gasteiger partial charge is 0.497 e. The molecule has 1 aromatic carbocycles. The first-order valence-electron chi connectivity index (χ1n) is 6.80. The van der Waals surface area contributed by atoms with Gasteiger partial charge >= 0.3 is 0 Å². The maximum absolute atomic E-state index is 12.3. The number of furan rings is 1. The molecule has 22 heavy (non-hydrogen) atoms. The second-order valence-electron chi connectivity index (χ2n) is 4.67. The number of ketones is 1. The standard InChI is InChI=1S/C18H18O4/c1-13(11-15-5-4-10-22-15)6-8-17(19)16-12-14(20-2)7-9-18(16)21-3/h4-12H,1-3H3/b8-6+,13-11+. The van der Waals surface area contributed by atoms with Crippen LogP contribution in [-0.4, -0.2) is 20.0 Å². The van der Waals surface area contributed by atoms with Crippen molar-refractivity contribution in [3.8, 4) is 11.5 Å². The molecule has 0 saturated carbocycles. The minimum absolute atomic E-state index is 0.150. The van der Waals surface area contributed by atoms with E-state index in [1.165, 1.54) is 13.2 Å². The van der Waals surface area contributed by atoms with Gasteiger partial charge in [-0.05, 0) is 55.0 Å². The van der Waals surface area contributed by atoms with Gasteiger partial charge in [0, 0.05) is 0 Å². The van der Waals surface area contributed by atoms with E-state index in [1.54, 1.807) is 37.6 Å². The summed E-state index contributed by atoms with van der Waals surface area (Å²) < 4.78 is 15.6. The molecule has 4 nitrogen and oxygen atoms in total. The molecular weight excluding hydrogens is 280 g/mol. The molecule has 2 aromatic rings. The van der Waals surface area contributed by atoms with E-state index < -0.39 is 0 Å². The molecule has 2 rings (SSSR count). The van der Waals surface area contributed by atoms with Crippen LogP contribution in [0.5, 0.6) is 11.5 Å². The van der Waals surface area contributed by atoms with Crippen LogP contribution in [0.2, 0.25) is 0 Å². The fourth-order valence-electron chi connectivity index (χ4n) is 1.95. The molecular formula is C18H18O4. The first kappa shape index (κ1) is 15.6. The highest BCUT2D eigenvalue weighted by molar-refractivity contribution is 6.07. The summed E-state index contributed by atoms with van der Waals surface area (Å²) in [6.07, 6.45) is 6.71. The molecule has 114 valence electrons. The van der Waals surface area contributed by atoms with Crippen LogP contribution in [0, 0.1) is 0 Å². The molecule has 0 atom stereocenters. The van der Waals surface area contributed by atoms with Gasteiger partial charge in [0.25, 0.3) is 0 Å². The van der Waals surface area contributed by atoms with Crippen LogP contribution in [0.4, 0.5) is 0 Å². The van der Waals surface area contributed by atoms with Gasteiger partial charge in [0.15, 0.2) is 5.78 Å². The van der Waals surface area contributed by atoms with Crippen LogP contribution in [0.1, 0.15) is 23.0 Å². The van der Waals surface area contributed by atoms with Crippen molar-refractivity contribution in [1.82, 2.24) is 0 Å². The molecule has 1 aromatic heterocycles. The van der Waals surface area contributed by atoms with Gasteiger partial charge in [0.1, 0.15) is 17.3 Å².